The number of piperazine rings is 1. The number of carbonyl (C=O) groups is 2. The third kappa shape index (κ3) is 4.45. The van der Waals surface area contributed by atoms with Gasteiger partial charge in [-0.3, -0.25) is 14.6 Å². The maximum Gasteiger partial charge on any atom is 0.274 e. The number of hydrogen-bond donors (Lipinski definition) is 0. The topological polar surface area (TPSA) is 104 Å². The highest BCUT2D eigenvalue weighted by molar-refractivity contribution is 7.89. The molecule has 2 amide bonds. The largest absolute Gasteiger partial charge is 0.338 e. The third-order valence-corrected chi connectivity index (χ3v) is 7.67. The highest BCUT2D eigenvalue weighted by Crippen LogP contribution is 2.27. The summed E-state index contributed by atoms with van der Waals surface area (Å²) in [6.07, 6.45) is 6.45. The van der Waals surface area contributed by atoms with Crippen LogP contribution in [-0.2, 0) is 14.8 Å². The summed E-state index contributed by atoms with van der Waals surface area (Å²) in [5.41, 5.74) is 0.273. The molecule has 0 aliphatic carbocycles. The molecule has 1 aromatic heterocycles. The van der Waals surface area contributed by atoms with Crippen LogP contribution in [0, 0.1) is 0 Å². The van der Waals surface area contributed by atoms with Crippen molar-refractivity contribution in [3.05, 3.63) is 54.6 Å². The zero-order valence-corrected chi connectivity index (χ0v) is 17.9. The molecule has 3 heterocycles. The minimum absolute atomic E-state index is 0.189. The van der Waals surface area contributed by atoms with E-state index in [-0.39, 0.29) is 22.4 Å². The van der Waals surface area contributed by atoms with Crippen LogP contribution in [0.1, 0.15) is 29.8 Å². The molecule has 0 N–H and O–H groups in total. The van der Waals surface area contributed by atoms with E-state index < -0.39 is 16.1 Å². The molecule has 1 aromatic carbocycles. The molecule has 0 saturated carbocycles. The first-order valence-corrected chi connectivity index (χ1v) is 11.8. The number of piperidine rings is 1. The van der Waals surface area contributed by atoms with Crippen molar-refractivity contribution in [3.63, 3.8) is 0 Å². The van der Waals surface area contributed by atoms with E-state index in [0.29, 0.717) is 39.1 Å². The van der Waals surface area contributed by atoms with E-state index in [1.165, 1.54) is 22.9 Å². The molecule has 2 aliphatic rings. The summed E-state index contributed by atoms with van der Waals surface area (Å²) in [6.45, 7) is 1.80. The van der Waals surface area contributed by atoms with E-state index in [9.17, 15) is 18.0 Å². The van der Waals surface area contributed by atoms with Crippen LogP contribution in [0.3, 0.4) is 0 Å². The second-order valence-corrected chi connectivity index (χ2v) is 9.54. The predicted octanol–water partition coefficient (Wildman–Crippen LogP) is 1.00. The molecule has 0 spiro atoms. The molecule has 164 valence electrons. The number of aromatic nitrogens is 2. The lowest BCUT2D eigenvalue weighted by molar-refractivity contribution is -0.137. The fourth-order valence-corrected chi connectivity index (χ4v) is 5.75. The van der Waals surface area contributed by atoms with Gasteiger partial charge in [-0.05, 0) is 25.0 Å². The maximum atomic E-state index is 13.3. The van der Waals surface area contributed by atoms with E-state index in [4.69, 9.17) is 0 Å². The van der Waals surface area contributed by atoms with Gasteiger partial charge in [-0.1, -0.05) is 24.6 Å². The highest BCUT2D eigenvalue weighted by Gasteiger charge is 2.40. The molecule has 0 bridgehead atoms. The van der Waals surface area contributed by atoms with Crippen molar-refractivity contribution in [3.8, 4) is 0 Å². The number of amides is 2. The van der Waals surface area contributed by atoms with Gasteiger partial charge in [0, 0.05) is 45.1 Å². The quantitative estimate of drug-likeness (QED) is 0.699. The van der Waals surface area contributed by atoms with Gasteiger partial charge in [0.05, 0.1) is 11.1 Å². The van der Waals surface area contributed by atoms with Gasteiger partial charge in [0.25, 0.3) is 5.91 Å². The monoisotopic (exact) mass is 443 g/mol. The molecule has 2 aliphatic heterocycles. The Morgan fingerprint density at radius 3 is 2.29 bits per heavy atom. The summed E-state index contributed by atoms with van der Waals surface area (Å²) in [5.74, 6) is -0.406. The first-order chi connectivity index (χ1) is 15.0. The first-order valence-electron chi connectivity index (χ1n) is 10.4. The summed E-state index contributed by atoms with van der Waals surface area (Å²) in [5, 5.41) is 0. The Morgan fingerprint density at radius 2 is 1.61 bits per heavy atom. The summed E-state index contributed by atoms with van der Waals surface area (Å²) >= 11 is 0. The summed E-state index contributed by atoms with van der Waals surface area (Å²) < 4.78 is 27.7. The summed E-state index contributed by atoms with van der Waals surface area (Å²) in [6, 6.07) is 7.54. The molecule has 1 atom stereocenters. The van der Waals surface area contributed by atoms with E-state index in [1.807, 2.05) is 0 Å². The molecule has 2 saturated heterocycles. The summed E-state index contributed by atoms with van der Waals surface area (Å²) in [4.78, 5) is 37.3. The van der Waals surface area contributed by atoms with Crippen LogP contribution in [0.2, 0.25) is 0 Å². The van der Waals surface area contributed by atoms with Crippen molar-refractivity contribution in [1.82, 2.24) is 24.1 Å². The molecule has 4 rings (SSSR count). The number of hydrogen-bond acceptors (Lipinski definition) is 6. The van der Waals surface area contributed by atoms with Crippen LogP contribution in [0.25, 0.3) is 0 Å². The van der Waals surface area contributed by atoms with E-state index in [0.717, 1.165) is 12.8 Å². The molecule has 9 nitrogen and oxygen atoms in total. The minimum atomic E-state index is -3.75. The number of benzene rings is 1. The first kappa shape index (κ1) is 21.4. The Bertz CT molecular complexity index is 1020. The molecule has 2 fully saturated rings. The van der Waals surface area contributed by atoms with Crippen LogP contribution >= 0.6 is 0 Å². The Balaban J connectivity index is 1.44. The SMILES string of the molecule is O=C(c1cnccn1)N1CCN(C(=O)C2CCCCN2S(=O)(=O)c2ccccc2)CC1. The lowest BCUT2D eigenvalue weighted by atomic mass is 10.0. The van der Waals surface area contributed by atoms with E-state index in [1.54, 1.807) is 40.1 Å². The average molecular weight is 444 g/mol. The number of nitrogens with zero attached hydrogens (tertiary/aromatic N) is 5. The standard InChI is InChI=1S/C21H25N5O4S/c27-20(18-16-22-9-10-23-18)24-12-14-25(15-13-24)21(28)19-8-4-5-11-26(19)31(29,30)17-6-2-1-3-7-17/h1-3,6-7,9-10,16,19H,4-5,8,11-15H2. The minimum Gasteiger partial charge on any atom is -0.338 e. The molecule has 0 radical (unpaired) electrons. The Morgan fingerprint density at radius 1 is 0.903 bits per heavy atom. The van der Waals surface area contributed by atoms with E-state index in [2.05, 4.69) is 9.97 Å². The van der Waals surface area contributed by atoms with Gasteiger partial charge in [-0.15, -0.1) is 0 Å². The van der Waals surface area contributed by atoms with Gasteiger partial charge in [-0.25, -0.2) is 13.4 Å². The van der Waals surface area contributed by atoms with Crippen molar-refractivity contribution in [2.45, 2.75) is 30.2 Å². The number of rotatable bonds is 4. The molecule has 1 unspecified atom stereocenters. The molecule has 2 aromatic rings. The molecule has 31 heavy (non-hydrogen) atoms. The molecular weight excluding hydrogens is 418 g/mol. The average Bonchev–Trinajstić information content (AvgIpc) is 2.84. The van der Waals surface area contributed by atoms with Crippen LogP contribution in [-0.4, -0.2) is 83.1 Å². The zero-order chi connectivity index (χ0) is 21.8. The van der Waals surface area contributed by atoms with Crippen molar-refractivity contribution in [2.75, 3.05) is 32.7 Å². The zero-order valence-electron chi connectivity index (χ0n) is 17.1. The normalized spacial score (nSPS) is 20.5. The van der Waals surface area contributed by atoms with Crippen LogP contribution in [0.15, 0.2) is 53.8 Å². The van der Waals surface area contributed by atoms with E-state index >= 15 is 0 Å². The predicted molar refractivity (Wildman–Crippen MR) is 112 cm³/mol. The Kier molecular flexibility index (Phi) is 6.28. The van der Waals surface area contributed by atoms with Crippen LogP contribution in [0.5, 0.6) is 0 Å². The van der Waals surface area contributed by atoms with Gasteiger partial charge < -0.3 is 9.80 Å². The Labute approximate surface area is 181 Å². The van der Waals surface area contributed by atoms with Crippen molar-refractivity contribution >= 4 is 21.8 Å². The van der Waals surface area contributed by atoms with Gasteiger partial charge in [0.15, 0.2) is 0 Å². The number of sulfonamides is 1. The van der Waals surface area contributed by atoms with Gasteiger partial charge in [-0.2, -0.15) is 4.31 Å². The summed E-state index contributed by atoms with van der Waals surface area (Å²) in [7, 11) is -3.75. The lowest BCUT2D eigenvalue weighted by Gasteiger charge is -2.40. The van der Waals surface area contributed by atoms with Crippen LogP contribution < -0.4 is 0 Å². The highest BCUT2D eigenvalue weighted by atomic mass is 32.2. The van der Waals surface area contributed by atoms with Gasteiger partial charge in [0.1, 0.15) is 11.7 Å². The van der Waals surface area contributed by atoms with Crippen LogP contribution in [0.4, 0.5) is 0 Å². The second kappa shape index (κ2) is 9.11. The lowest BCUT2D eigenvalue weighted by Crippen LogP contribution is -2.57. The fraction of sp³-hybridized carbons (Fsp3) is 0.429. The smallest absolute Gasteiger partial charge is 0.274 e. The van der Waals surface area contributed by atoms with Crippen molar-refractivity contribution < 1.29 is 18.0 Å². The second-order valence-electron chi connectivity index (χ2n) is 7.65. The third-order valence-electron chi connectivity index (χ3n) is 5.75. The molecule has 10 heteroatoms. The van der Waals surface area contributed by atoms with Crippen molar-refractivity contribution in [1.29, 1.82) is 0 Å². The Hall–Kier alpha value is -2.85. The van der Waals surface area contributed by atoms with Gasteiger partial charge >= 0.3 is 0 Å². The fourth-order valence-electron chi connectivity index (χ4n) is 4.08. The molecular formula is C21H25N5O4S. The maximum absolute atomic E-state index is 13.3. The number of carbonyl (C=O) groups excluding carboxylic acids is 2. The van der Waals surface area contributed by atoms with Gasteiger partial charge in [0.2, 0.25) is 15.9 Å². The van der Waals surface area contributed by atoms with Crippen molar-refractivity contribution in [2.24, 2.45) is 0 Å².